The van der Waals surface area contributed by atoms with Gasteiger partial charge in [0.1, 0.15) is 12.1 Å². The van der Waals surface area contributed by atoms with Crippen LogP contribution in [0.3, 0.4) is 0 Å². The van der Waals surface area contributed by atoms with Crippen LogP contribution in [0.15, 0.2) is 42.7 Å². The van der Waals surface area contributed by atoms with Crippen molar-refractivity contribution in [2.75, 3.05) is 11.1 Å². The molecule has 0 fully saturated rings. The van der Waals surface area contributed by atoms with Gasteiger partial charge in [0.2, 0.25) is 0 Å². The van der Waals surface area contributed by atoms with E-state index in [1.807, 2.05) is 43.3 Å². The molecule has 0 spiro atoms. The normalized spacial score (nSPS) is 10.7. The number of nitrogen functional groups attached to an aromatic ring is 1. The molecule has 0 saturated carbocycles. The average molecular weight is 285 g/mol. The van der Waals surface area contributed by atoms with Gasteiger partial charge in [0, 0.05) is 11.1 Å². The summed E-state index contributed by atoms with van der Waals surface area (Å²) in [6, 6.07) is 11.4. The number of nitrogens with zero attached hydrogens (tertiary/aromatic N) is 2. The summed E-state index contributed by atoms with van der Waals surface area (Å²) in [5, 5.41) is 4.80. The minimum absolute atomic E-state index is 0.659. The second-order valence-corrected chi connectivity index (χ2v) is 5.01. The van der Waals surface area contributed by atoms with Crippen LogP contribution in [0.25, 0.3) is 10.9 Å². The highest BCUT2D eigenvalue weighted by atomic mass is 35.5. The van der Waals surface area contributed by atoms with E-state index in [1.165, 1.54) is 6.33 Å². The first-order chi connectivity index (χ1) is 9.63. The van der Waals surface area contributed by atoms with Crippen molar-refractivity contribution in [3.05, 3.63) is 53.3 Å². The van der Waals surface area contributed by atoms with Gasteiger partial charge < -0.3 is 11.1 Å². The average Bonchev–Trinajstić information content (AvgIpc) is 2.41. The highest BCUT2D eigenvalue weighted by molar-refractivity contribution is 6.33. The maximum absolute atomic E-state index is 6.23. The van der Waals surface area contributed by atoms with Gasteiger partial charge >= 0.3 is 0 Å². The first-order valence-electron chi connectivity index (χ1n) is 6.17. The van der Waals surface area contributed by atoms with E-state index < -0.39 is 0 Å². The lowest BCUT2D eigenvalue weighted by molar-refractivity contribution is 1.22. The van der Waals surface area contributed by atoms with Crippen LogP contribution < -0.4 is 11.1 Å². The van der Waals surface area contributed by atoms with E-state index in [2.05, 4.69) is 15.3 Å². The molecule has 100 valence electrons. The first kappa shape index (κ1) is 12.7. The smallest absolute Gasteiger partial charge is 0.141 e. The Balaban J connectivity index is 2.06. The van der Waals surface area contributed by atoms with Crippen molar-refractivity contribution in [3.63, 3.8) is 0 Å². The predicted molar refractivity (Wildman–Crippen MR) is 83.4 cm³/mol. The number of fused-ring (bicyclic) bond motifs is 1. The summed E-state index contributed by atoms with van der Waals surface area (Å²) in [5.74, 6) is 0.709. The number of nitrogens with one attached hydrogen (secondary N) is 1. The van der Waals surface area contributed by atoms with E-state index in [4.69, 9.17) is 17.3 Å². The predicted octanol–water partition coefficient (Wildman–Crippen LogP) is 3.92. The summed E-state index contributed by atoms with van der Waals surface area (Å²) >= 11 is 6.23. The molecule has 1 heterocycles. The molecule has 3 N–H and O–H groups in total. The zero-order chi connectivity index (χ0) is 14.1. The van der Waals surface area contributed by atoms with Gasteiger partial charge in [-0.05, 0) is 42.8 Å². The Morgan fingerprint density at radius 1 is 1.10 bits per heavy atom. The summed E-state index contributed by atoms with van der Waals surface area (Å²) in [6.45, 7) is 2.00. The molecule has 20 heavy (non-hydrogen) atoms. The van der Waals surface area contributed by atoms with Crippen molar-refractivity contribution in [2.45, 2.75) is 6.92 Å². The van der Waals surface area contributed by atoms with Gasteiger partial charge in [0.15, 0.2) is 0 Å². The molecule has 4 nitrogen and oxygen atoms in total. The second-order valence-electron chi connectivity index (χ2n) is 4.61. The summed E-state index contributed by atoms with van der Waals surface area (Å²) in [6.07, 6.45) is 1.51. The molecule has 3 aromatic rings. The Bertz CT molecular complexity index is 786. The third kappa shape index (κ3) is 2.38. The molecule has 0 aliphatic rings. The van der Waals surface area contributed by atoms with Crippen LogP contribution in [0.2, 0.25) is 5.02 Å². The number of nitrogens with two attached hydrogens (primary N) is 1. The molecule has 0 unspecified atom stereocenters. The highest BCUT2D eigenvalue weighted by Crippen LogP contribution is 2.29. The molecule has 0 aliphatic heterocycles. The summed E-state index contributed by atoms with van der Waals surface area (Å²) in [4.78, 5) is 8.49. The van der Waals surface area contributed by atoms with E-state index in [1.54, 1.807) is 0 Å². The summed E-state index contributed by atoms with van der Waals surface area (Å²) in [5.41, 5.74) is 9.16. The lowest BCUT2D eigenvalue weighted by Crippen LogP contribution is -1.97. The Hall–Kier alpha value is -2.33. The van der Waals surface area contributed by atoms with Crippen LogP contribution in [0.5, 0.6) is 0 Å². The minimum atomic E-state index is 0.659. The molecular weight excluding hydrogens is 272 g/mol. The second kappa shape index (κ2) is 4.98. The number of halogens is 1. The van der Waals surface area contributed by atoms with Crippen LogP contribution in [-0.4, -0.2) is 9.97 Å². The SMILES string of the molecule is Cc1ccc(Nc2ncnc3cc(N)ccc23)c(Cl)c1. The van der Waals surface area contributed by atoms with E-state index >= 15 is 0 Å². The number of rotatable bonds is 2. The van der Waals surface area contributed by atoms with Gasteiger partial charge in [-0.2, -0.15) is 0 Å². The Morgan fingerprint density at radius 2 is 1.95 bits per heavy atom. The Labute approximate surface area is 121 Å². The van der Waals surface area contributed by atoms with Gasteiger partial charge in [-0.3, -0.25) is 0 Å². The zero-order valence-electron chi connectivity index (χ0n) is 10.9. The third-order valence-electron chi connectivity index (χ3n) is 3.04. The largest absolute Gasteiger partial charge is 0.399 e. The lowest BCUT2D eigenvalue weighted by atomic mass is 10.2. The van der Waals surface area contributed by atoms with Crippen molar-refractivity contribution in [3.8, 4) is 0 Å². The minimum Gasteiger partial charge on any atom is -0.399 e. The first-order valence-corrected chi connectivity index (χ1v) is 6.55. The van der Waals surface area contributed by atoms with Crippen LogP contribution in [0, 0.1) is 6.92 Å². The fourth-order valence-corrected chi connectivity index (χ4v) is 2.31. The van der Waals surface area contributed by atoms with Gasteiger partial charge in [-0.25, -0.2) is 9.97 Å². The number of hydrogen-bond acceptors (Lipinski definition) is 4. The molecule has 1 aromatic heterocycles. The van der Waals surface area contributed by atoms with Gasteiger partial charge in [0.05, 0.1) is 16.2 Å². The molecule has 0 atom stereocenters. The maximum atomic E-state index is 6.23. The monoisotopic (exact) mass is 284 g/mol. The fourth-order valence-electron chi connectivity index (χ4n) is 2.02. The number of benzene rings is 2. The van der Waals surface area contributed by atoms with E-state index in [9.17, 15) is 0 Å². The molecule has 5 heteroatoms. The maximum Gasteiger partial charge on any atom is 0.141 e. The van der Waals surface area contributed by atoms with Crippen molar-refractivity contribution in [2.24, 2.45) is 0 Å². The van der Waals surface area contributed by atoms with Crippen molar-refractivity contribution >= 4 is 39.7 Å². The third-order valence-corrected chi connectivity index (χ3v) is 3.35. The molecule has 0 bridgehead atoms. The van der Waals surface area contributed by atoms with E-state index in [-0.39, 0.29) is 0 Å². The lowest BCUT2D eigenvalue weighted by Gasteiger charge is -2.10. The van der Waals surface area contributed by atoms with Crippen LogP contribution in [0.4, 0.5) is 17.2 Å². The topological polar surface area (TPSA) is 63.8 Å². The van der Waals surface area contributed by atoms with Crippen molar-refractivity contribution < 1.29 is 0 Å². The van der Waals surface area contributed by atoms with Gasteiger partial charge in [-0.1, -0.05) is 17.7 Å². The Morgan fingerprint density at radius 3 is 2.75 bits per heavy atom. The molecule has 0 aliphatic carbocycles. The van der Waals surface area contributed by atoms with Gasteiger partial charge in [0.25, 0.3) is 0 Å². The van der Waals surface area contributed by atoms with E-state index in [0.29, 0.717) is 16.5 Å². The number of hydrogen-bond donors (Lipinski definition) is 2. The quantitative estimate of drug-likeness (QED) is 0.700. The van der Waals surface area contributed by atoms with Crippen LogP contribution in [0.1, 0.15) is 5.56 Å². The van der Waals surface area contributed by atoms with Gasteiger partial charge in [-0.15, -0.1) is 0 Å². The molecule has 3 rings (SSSR count). The molecular formula is C15H13ClN4. The van der Waals surface area contributed by atoms with Crippen LogP contribution >= 0.6 is 11.6 Å². The number of aromatic nitrogens is 2. The summed E-state index contributed by atoms with van der Waals surface area (Å²) in [7, 11) is 0. The number of aryl methyl sites for hydroxylation is 1. The molecule has 2 aromatic carbocycles. The standard InChI is InChI=1S/C15H13ClN4/c1-9-2-5-13(12(16)6-9)20-15-11-4-3-10(17)7-14(11)18-8-19-15/h2-8H,17H2,1H3,(H,18,19,20). The highest BCUT2D eigenvalue weighted by Gasteiger charge is 2.06. The van der Waals surface area contributed by atoms with Crippen molar-refractivity contribution in [1.29, 1.82) is 0 Å². The Kier molecular flexibility index (Phi) is 3.16. The zero-order valence-corrected chi connectivity index (χ0v) is 11.6. The fraction of sp³-hybridized carbons (Fsp3) is 0.0667. The molecule has 0 radical (unpaired) electrons. The number of anilines is 3. The molecule has 0 amide bonds. The molecule has 0 saturated heterocycles. The van der Waals surface area contributed by atoms with Crippen molar-refractivity contribution in [1.82, 2.24) is 9.97 Å². The van der Waals surface area contributed by atoms with Crippen LogP contribution in [-0.2, 0) is 0 Å². The van der Waals surface area contributed by atoms with E-state index in [0.717, 1.165) is 22.2 Å². The summed E-state index contributed by atoms with van der Waals surface area (Å²) < 4.78 is 0.